The lowest BCUT2D eigenvalue weighted by Crippen LogP contribution is -2.33. The number of benzene rings is 1. The van der Waals surface area contributed by atoms with Crippen LogP contribution in [0.3, 0.4) is 0 Å². The van der Waals surface area contributed by atoms with Crippen LogP contribution in [0.2, 0.25) is 0 Å². The summed E-state index contributed by atoms with van der Waals surface area (Å²) in [6.07, 6.45) is 3.40. The second-order valence-electron chi connectivity index (χ2n) is 5.52. The van der Waals surface area contributed by atoms with E-state index in [0.717, 1.165) is 24.8 Å². The molecule has 0 fully saturated rings. The van der Waals surface area contributed by atoms with Crippen LogP contribution in [0.4, 0.5) is 0 Å². The van der Waals surface area contributed by atoms with Crippen molar-refractivity contribution in [3.05, 3.63) is 29.8 Å². The van der Waals surface area contributed by atoms with Crippen LogP contribution < -0.4 is 15.8 Å². The third-order valence-electron chi connectivity index (χ3n) is 3.41. The van der Waals surface area contributed by atoms with Crippen LogP contribution in [0.1, 0.15) is 38.2 Å². The Balaban J connectivity index is 2.26. The predicted octanol–water partition coefficient (Wildman–Crippen LogP) is 0.689. The fourth-order valence-electron chi connectivity index (χ4n) is 2.07. The van der Waals surface area contributed by atoms with Gasteiger partial charge in [0.1, 0.15) is 6.42 Å². The van der Waals surface area contributed by atoms with Crippen LogP contribution in [0, 0.1) is 0 Å². The van der Waals surface area contributed by atoms with Crippen LogP contribution in [-0.4, -0.2) is 33.3 Å². The highest BCUT2D eigenvalue weighted by molar-refractivity contribution is 7.89. The van der Waals surface area contributed by atoms with Crippen LogP contribution >= 0.6 is 0 Å². The van der Waals surface area contributed by atoms with Crippen LogP contribution in [0.15, 0.2) is 29.2 Å². The summed E-state index contributed by atoms with van der Waals surface area (Å²) in [5.74, 6) is -0.606. The van der Waals surface area contributed by atoms with Crippen molar-refractivity contribution in [3.63, 3.8) is 0 Å². The molecular weight excluding hydrogens is 330 g/mol. The van der Waals surface area contributed by atoms with Crippen LogP contribution in [0.5, 0.6) is 0 Å². The number of hydrogen-bond donors (Lipinski definition) is 3. The van der Waals surface area contributed by atoms with Crippen molar-refractivity contribution in [3.8, 4) is 0 Å². The summed E-state index contributed by atoms with van der Waals surface area (Å²) in [6, 6.07) is 6.14. The third-order valence-corrected chi connectivity index (χ3v) is 4.34. The number of carbonyl (C=O) groups is 2. The summed E-state index contributed by atoms with van der Waals surface area (Å²) >= 11 is 0. The van der Waals surface area contributed by atoms with Gasteiger partial charge >= 0.3 is 0 Å². The van der Waals surface area contributed by atoms with Crippen molar-refractivity contribution in [2.45, 2.75) is 43.9 Å². The van der Waals surface area contributed by atoms with Gasteiger partial charge in [0.25, 0.3) is 0 Å². The second kappa shape index (κ2) is 10.0. The first-order valence-electron chi connectivity index (χ1n) is 7.98. The van der Waals surface area contributed by atoms with Crippen molar-refractivity contribution >= 4 is 21.8 Å². The zero-order valence-electron chi connectivity index (χ0n) is 13.9. The van der Waals surface area contributed by atoms with Crippen molar-refractivity contribution in [1.29, 1.82) is 0 Å². The van der Waals surface area contributed by atoms with Crippen molar-refractivity contribution in [1.82, 2.24) is 10.6 Å². The van der Waals surface area contributed by atoms with E-state index in [9.17, 15) is 18.0 Å². The van der Waals surface area contributed by atoms with E-state index in [1.54, 1.807) is 12.1 Å². The van der Waals surface area contributed by atoms with Gasteiger partial charge in [-0.2, -0.15) is 0 Å². The van der Waals surface area contributed by atoms with Gasteiger partial charge in [0.2, 0.25) is 21.8 Å². The zero-order valence-corrected chi connectivity index (χ0v) is 14.7. The van der Waals surface area contributed by atoms with Gasteiger partial charge in [-0.15, -0.1) is 0 Å². The lowest BCUT2D eigenvalue weighted by Gasteiger charge is -2.07. The SMILES string of the molecule is CCCCCNC(=O)CC(=O)NCCc1ccc(S(N)(=O)=O)cc1. The molecule has 1 aromatic rings. The van der Waals surface area contributed by atoms with E-state index < -0.39 is 10.0 Å². The molecule has 2 amide bonds. The molecule has 8 heteroatoms. The average Bonchev–Trinajstić information content (AvgIpc) is 2.51. The van der Waals surface area contributed by atoms with Crippen molar-refractivity contribution in [2.24, 2.45) is 5.14 Å². The molecule has 0 aromatic heterocycles. The molecule has 0 aliphatic carbocycles. The van der Waals surface area contributed by atoms with Crippen molar-refractivity contribution in [2.75, 3.05) is 13.1 Å². The molecule has 1 aromatic carbocycles. The van der Waals surface area contributed by atoms with E-state index in [1.165, 1.54) is 12.1 Å². The van der Waals surface area contributed by atoms with Crippen LogP contribution in [-0.2, 0) is 26.0 Å². The molecule has 4 N–H and O–H groups in total. The minimum atomic E-state index is -3.69. The van der Waals surface area contributed by atoms with E-state index in [4.69, 9.17) is 5.14 Å². The third kappa shape index (κ3) is 8.07. The number of primary sulfonamides is 1. The van der Waals surface area contributed by atoms with Gasteiger partial charge in [-0.05, 0) is 30.5 Å². The molecule has 1 rings (SSSR count). The normalized spacial score (nSPS) is 11.1. The predicted molar refractivity (Wildman–Crippen MR) is 91.7 cm³/mol. The minimum absolute atomic E-state index is 0.0510. The van der Waals surface area contributed by atoms with Gasteiger partial charge in [0.15, 0.2) is 0 Å². The maximum absolute atomic E-state index is 11.7. The zero-order chi connectivity index (χ0) is 18.0. The Bertz CT molecular complexity index is 642. The number of carbonyl (C=O) groups excluding carboxylic acids is 2. The summed E-state index contributed by atoms with van der Waals surface area (Å²) in [4.78, 5) is 23.2. The largest absolute Gasteiger partial charge is 0.356 e. The standard InChI is InChI=1S/C16H25N3O4S/c1-2-3-4-10-18-15(20)12-16(21)19-11-9-13-5-7-14(8-6-13)24(17,22)23/h5-8H,2-4,9-12H2,1H3,(H,18,20)(H,19,21)(H2,17,22,23). The first-order chi connectivity index (χ1) is 11.3. The summed E-state index contributed by atoms with van der Waals surface area (Å²) in [7, 11) is -3.69. The molecule has 0 heterocycles. The Labute approximate surface area is 143 Å². The molecule has 24 heavy (non-hydrogen) atoms. The lowest BCUT2D eigenvalue weighted by molar-refractivity contribution is -0.129. The number of sulfonamides is 1. The fourth-order valence-corrected chi connectivity index (χ4v) is 2.58. The topological polar surface area (TPSA) is 118 Å². The van der Waals surface area contributed by atoms with Gasteiger partial charge in [0.05, 0.1) is 4.90 Å². The van der Waals surface area contributed by atoms with E-state index >= 15 is 0 Å². The fraction of sp³-hybridized carbons (Fsp3) is 0.500. The molecule has 0 saturated carbocycles. The molecule has 0 aliphatic heterocycles. The monoisotopic (exact) mass is 355 g/mol. The van der Waals surface area contributed by atoms with E-state index in [-0.39, 0.29) is 23.1 Å². The summed E-state index contributed by atoms with van der Waals surface area (Å²) < 4.78 is 22.3. The number of amides is 2. The molecule has 0 spiro atoms. The van der Waals surface area contributed by atoms with Gasteiger partial charge < -0.3 is 10.6 Å². The quantitative estimate of drug-likeness (QED) is 0.422. The molecule has 0 unspecified atom stereocenters. The Kier molecular flexibility index (Phi) is 8.42. The molecule has 0 bridgehead atoms. The van der Waals surface area contributed by atoms with Crippen molar-refractivity contribution < 1.29 is 18.0 Å². The lowest BCUT2D eigenvalue weighted by atomic mass is 10.1. The van der Waals surface area contributed by atoms with Gasteiger partial charge in [-0.1, -0.05) is 31.9 Å². The molecule has 134 valence electrons. The van der Waals surface area contributed by atoms with Gasteiger partial charge in [-0.3, -0.25) is 9.59 Å². The smallest absolute Gasteiger partial charge is 0.238 e. The minimum Gasteiger partial charge on any atom is -0.356 e. The Morgan fingerprint density at radius 3 is 2.12 bits per heavy atom. The highest BCUT2D eigenvalue weighted by Gasteiger charge is 2.09. The summed E-state index contributed by atoms with van der Waals surface area (Å²) in [5.41, 5.74) is 0.867. The first kappa shape index (κ1) is 20.1. The average molecular weight is 355 g/mol. The van der Waals surface area contributed by atoms with Gasteiger partial charge in [-0.25, -0.2) is 13.6 Å². The number of nitrogens with two attached hydrogens (primary N) is 1. The Hall–Kier alpha value is -1.93. The molecule has 0 radical (unpaired) electrons. The Morgan fingerprint density at radius 2 is 1.58 bits per heavy atom. The number of nitrogens with one attached hydrogen (secondary N) is 2. The molecule has 0 atom stereocenters. The highest BCUT2D eigenvalue weighted by Crippen LogP contribution is 2.08. The van der Waals surface area contributed by atoms with Crippen LogP contribution in [0.25, 0.3) is 0 Å². The van der Waals surface area contributed by atoms with E-state index in [0.29, 0.717) is 19.5 Å². The highest BCUT2D eigenvalue weighted by atomic mass is 32.2. The summed E-state index contributed by atoms with van der Waals surface area (Å²) in [5, 5.41) is 10.4. The van der Waals surface area contributed by atoms with E-state index in [1.807, 2.05) is 0 Å². The number of hydrogen-bond acceptors (Lipinski definition) is 4. The number of unbranched alkanes of at least 4 members (excludes halogenated alkanes) is 2. The molecule has 0 saturated heterocycles. The van der Waals surface area contributed by atoms with Gasteiger partial charge in [0, 0.05) is 13.1 Å². The molecule has 0 aliphatic rings. The van der Waals surface area contributed by atoms with E-state index in [2.05, 4.69) is 17.6 Å². The maximum atomic E-state index is 11.7. The Morgan fingerprint density at radius 1 is 1.00 bits per heavy atom. The summed E-state index contributed by atoms with van der Waals surface area (Å²) in [6.45, 7) is 3.05. The maximum Gasteiger partial charge on any atom is 0.238 e. The molecular formula is C16H25N3O4S. The number of rotatable bonds is 10. The first-order valence-corrected chi connectivity index (χ1v) is 9.52. The molecule has 7 nitrogen and oxygen atoms in total. The second-order valence-corrected chi connectivity index (χ2v) is 7.08.